The van der Waals surface area contributed by atoms with E-state index in [1.54, 1.807) is 0 Å². The molecule has 0 heterocycles. The smallest absolute Gasteiger partial charge is 0.0361 e. The topological polar surface area (TPSA) is 52.0 Å². The summed E-state index contributed by atoms with van der Waals surface area (Å²) in [5, 5.41) is 0. The van der Waals surface area contributed by atoms with Crippen molar-refractivity contribution in [1.82, 2.24) is 0 Å². The van der Waals surface area contributed by atoms with Gasteiger partial charge in [-0.1, -0.05) is 26.0 Å². The highest BCUT2D eigenvalue weighted by Crippen LogP contribution is 2.32. The molecule has 1 aromatic rings. The minimum absolute atomic E-state index is 0.00296. The van der Waals surface area contributed by atoms with Crippen LogP contribution in [0.4, 0.5) is 0 Å². The molecule has 1 aromatic carbocycles. The standard InChI is InChI=1S/C14H24N2/c1-9-6-11(3)12(7-10(9)2)13(16)14(4,5)8-15/h6-7,13H,8,15-16H2,1-5H3. The molecule has 4 N–H and O–H groups in total. The van der Waals surface area contributed by atoms with Crippen LogP contribution in [0.15, 0.2) is 12.1 Å². The van der Waals surface area contributed by atoms with E-state index in [0.29, 0.717) is 6.54 Å². The van der Waals surface area contributed by atoms with Crippen molar-refractivity contribution in [3.8, 4) is 0 Å². The Morgan fingerprint density at radius 1 is 1.06 bits per heavy atom. The van der Waals surface area contributed by atoms with Crippen LogP contribution in [0.25, 0.3) is 0 Å². The van der Waals surface area contributed by atoms with E-state index in [9.17, 15) is 0 Å². The first-order valence-corrected chi connectivity index (χ1v) is 5.83. The minimum Gasteiger partial charge on any atom is -0.330 e. The highest BCUT2D eigenvalue weighted by atomic mass is 14.7. The predicted molar refractivity (Wildman–Crippen MR) is 70.4 cm³/mol. The third kappa shape index (κ3) is 2.45. The van der Waals surface area contributed by atoms with E-state index in [1.165, 1.54) is 22.3 Å². The fraction of sp³-hybridized carbons (Fsp3) is 0.571. The van der Waals surface area contributed by atoms with Crippen molar-refractivity contribution >= 4 is 0 Å². The largest absolute Gasteiger partial charge is 0.330 e. The van der Waals surface area contributed by atoms with Gasteiger partial charge in [-0.05, 0) is 55.0 Å². The lowest BCUT2D eigenvalue weighted by Crippen LogP contribution is -2.36. The summed E-state index contributed by atoms with van der Waals surface area (Å²) < 4.78 is 0. The van der Waals surface area contributed by atoms with Gasteiger partial charge in [-0.3, -0.25) is 0 Å². The Bertz CT molecular complexity index is 381. The summed E-state index contributed by atoms with van der Waals surface area (Å²) in [6.07, 6.45) is 0. The zero-order valence-corrected chi connectivity index (χ0v) is 11.1. The van der Waals surface area contributed by atoms with E-state index in [4.69, 9.17) is 11.5 Å². The van der Waals surface area contributed by atoms with E-state index in [0.717, 1.165) is 0 Å². The molecule has 1 rings (SSSR count). The molecule has 0 fully saturated rings. The molecule has 0 radical (unpaired) electrons. The first-order valence-electron chi connectivity index (χ1n) is 5.83. The Hall–Kier alpha value is -0.860. The quantitative estimate of drug-likeness (QED) is 0.822. The van der Waals surface area contributed by atoms with Crippen molar-refractivity contribution in [2.75, 3.05) is 6.54 Å². The molecule has 2 heteroatoms. The number of aryl methyl sites for hydroxylation is 3. The number of benzene rings is 1. The third-order valence-electron chi connectivity index (χ3n) is 3.59. The van der Waals surface area contributed by atoms with Gasteiger partial charge in [0.25, 0.3) is 0 Å². The highest BCUT2D eigenvalue weighted by molar-refractivity contribution is 5.38. The average molecular weight is 220 g/mol. The molecule has 0 aliphatic carbocycles. The molecule has 0 aliphatic rings. The molecule has 0 saturated heterocycles. The first kappa shape index (κ1) is 13.2. The number of nitrogens with two attached hydrogens (primary N) is 2. The van der Waals surface area contributed by atoms with Gasteiger partial charge in [-0.15, -0.1) is 0 Å². The van der Waals surface area contributed by atoms with Gasteiger partial charge in [0.15, 0.2) is 0 Å². The summed E-state index contributed by atoms with van der Waals surface area (Å²) in [6.45, 7) is 11.2. The molecule has 0 aromatic heterocycles. The van der Waals surface area contributed by atoms with Crippen molar-refractivity contribution in [2.24, 2.45) is 16.9 Å². The molecule has 0 bridgehead atoms. The van der Waals surface area contributed by atoms with Gasteiger partial charge in [0, 0.05) is 6.04 Å². The van der Waals surface area contributed by atoms with E-state index in [2.05, 4.69) is 46.8 Å². The average Bonchev–Trinajstić information content (AvgIpc) is 2.22. The molecule has 0 amide bonds. The zero-order valence-electron chi connectivity index (χ0n) is 11.1. The van der Waals surface area contributed by atoms with Gasteiger partial charge in [0.2, 0.25) is 0 Å². The molecule has 16 heavy (non-hydrogen) atoms. The number of rotatable bonds is 3. The molecule has 0 spiro atoms. The Balaban J connectivity index is 3.19. The van der Waals surface area contributed by atoms with Crippen molar-refractivity contribution in [3.63, 3.8) is 0 Å². The van der Waals surface area contributed by atoms with E-state index in [1.807, 2.05) is 0 Å². The zero-order chi connectivity index (χ0) is 12.5. The highest BCUT2D eigenvalue weighted by Gasteiger charge is 2.27. The van der Waals surface area contributed by atoms with Crippen LogP contribution in [0.3, 0.4) is 0 Å². The molecule has 90 valence electrons. The van der Waals surface area contributed by atoms with Crippen molar-refractivity contribution < 1.29 is 0 Å². The Labute approximate surface area is 99.0 Å². The second kappa shape index (κ2) is 4.56. The monoisotopic (exact) mass is 220 g/mol. The van der Waals surface area contributed by atoms with Crippen LogP contribution in [0.5, 0.6) is 0 Å². The summed E-state index contributed by atoms with van der Waals surface area (Å²) in [5.41, 5.74) is 17.1. The lowest BCUT2D eigenvalue weighted by atomic mass is 9.79. The van der Waals surface area contributed by atoms with Crippen molar-refractivity contribution in [2.45, 2.75) is 40.7 Å². The maximum absolute atomic E-state index is 6.32. The van der Waals surface area contributed by atoms with Crippen molar-refractivity contribution in [3.05, 3.63) is 34.4 Å². The van der Waals surface area contributed by atoms with E-state index < -0.39 is 0 Å². The summed E-state index contributed by atoms with van der Waals surface area (Å²) in [4.78, 5) is 0. The summed E-state index contributed by atoms with van der Waals surface area (Å²) in [7, 11) is 0. The molecular weight excluding hydrogens is 196 g/mol. The summed E-state index contributed by atoms with van der Waals surface area (Å²) >= 11 is 0. The van der Waals surface area contributed by atoms with Crippen LogP contribution < -0.4 is 11.5 Å². The normalized spacial score (nSPS) is 13.9. The Morgan fingerprint density at radius 2 is 1.56 bits per heavy atom. The van der Waals surface area contributed by atoms with Crippen molar-refractivity contribution in [1.29, 1.82) is 0 Å². The first-order chi connectivity index (χ1) is 7.29. The van der Waals surface area contributed by atoms with E-state index >= 15 is 0 Å². The molecule has 2 nitrogen and oxygen atoms in total. The lowest BCUT2D eigenvalue weighted by Gasteiger charge is -2.32. The molecular formula is C14H24N2. The minimum atomic E-state index is -0.0630. The van der Waals surface area contributed by atoms with Gasteiger partial charge in [0.1, 0.15) is 0 Å². The van der Waals surface area contributed by atoms with Crippen LogP contribution in [-0.4, -0.2) is 6.54 Å². The van der Waals surface area contributed by atoms with Crippen LogP contribution in [0.1, 0.15) is 42.1 Å². The maximum Gasteiger partial charge on any atom is 0.0361 e. The maximum atomic E-state index is 6.32. The Kier molecular flexibility index (Phi) is 3.76. The second-order valence-electron chi connectivity index (χ2n) is 5.46. The summed E-state index contributed by atoms with van der Waals surface area (Å²) in [6, 6.07) is 4.40. The number of hydrogen-bond acceptors (Lipinski definition) is 2. The van der Waals surface area contributed by atoms with Crippen LogP contribution in [0, 0.1) is 26.2 Å². The fourth-order valence-corrected chi connectivity index (χ4v) is 1.87. The molecule has 0 saturated carbocycles. The lowest BCUT2D eigenvalue weighted by molar-refractivity contribution is 0.300. The molecule has 1 atom stereocenters. The van der Waals surface area contributed by atoms with Crippen LogP contribution in [0.2, 0.25) is 0 Å². The Morgan fingerprint density at radius 3 is 2.06 bits per heavy atom. The second-order valence-corrected chi connectivity index (χ2v) is 5.46. The third-order valence-corrected chi connectivity index (χ3v) is 3.59. The number of hydrogen-bond donors (Lipinski definition) is 2. The molecule has 0 aliphatic heterocycles. The van der Waals surface area contributed by atoms with Gasteiger partial charge < -0.3 is 11.5 Å². The van der Waals surface area contributed by atoms with Crippen LogP contribution >= 0.6 is 0 Å². The SMILES string of the molecule is Cc1cc(C)c(C(N)C(C)(C)CN)cc1C. The molecule has 1 unspecified atom stereocenters. The van der Waals surface area contributed by atoms with E-state index in [-0.39, 0.29) is 11.5 Å². The van der Waals surface area contributed by atoms with Gasteiger partial charge in [-0.2, -0.15) is 0 Å². The predicted octanol–water partition coefficient (Wildman–Crippen LogP) is 2.60. The fourth-order valence-electron chi connectivity index (χ4n) is 1.87. The van der Waals surface area contributed by atoms with Gasteiger partial charge in [-0.25, -0.2) is 0 Å². The van der Waals surface area contributed by atoms with Gasteiger partial charge in [0.05, 0.1) is 0 Å². The van der Waals surface area contributed by atoms with Crippen LogP contribution in [-0.2, 0) is 0 Å². The summed E-state index contributed by atoms with van der Waals surface area (Å²) in [5.74, 6) is 0. The van der Waals surface area contributed by atoms with Gasteiger partial charge >= 0.3 is 0 Å².